The van der Waals surface area contributed by atoms with Crippen LogP contribution < -0.4 is 5.32 Å². The fourth-order valence-electron chi connectivity index (χ4n) is 2.34. The van der Waals surface area contributed by atoms with Crippen molar-refractivity contribution >= 4 is 22.4 Å². The maximum absolute atomic E-state index is 12.2. The lowest BCUT2D eigenvalue weighted by molar-refractivity contribution is -0.115. The highest BCUT2D eigenvalue weighted by Gasteiger charge is 2.15. The van der Waals surface area contributed by atoms with Gasteiger partial charge in [-0.2, -0.15) is 5.10 Å². The number of unbranched alkanes of at least 4 members (excludes halogenated alkanes) is 1. The smallest absolute Gasteiger partial charge is 0.230 e. The third-order valence-electron chi connectivity index (χ3n) is 3.52. The van der Waals surface area contributed by atoms with E-state index >= 15 is 0 Å². The third-order valence-corrected chi connectivity index (χ3v) is 4.53. The Balaban J connectivity index is 1.74. The molecule has 0 aliphatic heterocycles. The zero-order valence-electron chi connectivity index (χ0n) is 13.5. The van der Waals surface area contributed by atoms with E-state index in [4.69, 9.17) is 0 Å². The average molecular weight is 341 g/mol. The van der Waals surface area contributed by atoms with Gasteiger partial charge in [0.05, 0.1) is 12.1 Å². The molecule has 0 saturated carbocycles. The first-order chi connectivity index (χ1) is 11.8. The van der Waals surface area contributed by atoms with E-state index in [0.29, 0.717) is 11.6 Å². The fraction of sp³-hybridized carbons (Fsp3) is 0.294. The fourth-order valence-corrected chi connectivity index (χ4v) is 3.30. The molecule has 0 bridgehead atoms. The first-order valence-corrected chi connectivity index (χ1v) is 8.76. The summed E-state index contributed by atoms with van der Waals surface area (Å²) in [6.45, 7) is 2.14. The highest BCUT2D eigenvalue weighted by Crippen LogP contribution is 2.27. The molecule has 3 aromatic rings. The Hall–Kier alpha value is -2.54. The van der Waals surface area contributed by atoms with E-state index in [-0.39, 0.29) is 5.91 Å². The first-order valence-electron chi connectivity index (χ1n) is 7.94. The highest BCUT2D eigenvalue weighted by molar-refractivity contribution is 7.18. The molecule has 0 aliphatic carbocycles. The Bertz CT molecular complexity index is 783. The van der Waals surface area contributed by atoms with E-state index in [1.165, 1.54) is 17.7 Å². The van der Waals surface area contributed by atoms with Gasteiger partial charge in [0.1, 0.15) is 17.7 Å². The van der Waals surface area contributed by atoms with Gasteiger partial charge in [0.25, 0.3) is 0 Å². The molecule has 0 radical (unpaired) electrons. The number of nitrogens with one attached hydrogen (secondary N) is 1. The van der Waals surface area contributed by atoms with E-state index in [0.717, 1.165) is 35.5 Å². The molecule has 0 saturated heterocycles. The summed E-state index contributed by atoms with van der Waals surface area (Å²) in [5.74, 6) is -0.0675. The minimum absolute atomic E-state index is 0.0675. The predicted octanol–water partition coefficient (Wildman–Crippen LogP) is 3.25. The molecule has 2 aromatic heterocycles. The summed E-state index contributed by atoms with van der Waals surface area (Å²) >= 11 is 1.42. The van der Waals surface area contributed by atoms with Crippen molar-refractivity contribution in [2.45, 2.75) is 32.6 Å². The van der Waals surface area contributed by atoms with Gasteiger partial charge >= 0.3 is 0 Å². The quantitative estimate of drug-likeness (QED) is 0.716. The van der Waals surface area contributed by atoms with Crippen molar-refractivity contribution in [1.82, 2.24) is 19.7 Å². The van der Waals surface area contributed by atoms with Crippen LogP contribution in [0.5, 0.6) is 0 Å². The molecule has 0 unspecified atom stereocenters. The molecule has 7 heteroatoms. The Labute approximate surface area is 144 Å². The second kappa shape index (κ2) is 7.83. The van der Waals surface area contributed by atoms with Crippen LogP contribution in [0.3, 0.4) is 0 Å². The van der Waals surface area contributed by atoms with E-state index in [1.54, 1.807) is 11.0 Å². The summed E-state index contributed by atoms with van der Waals surface area (Å²) in [7, 11) is 0. The molecule has 0 spiro atoms. The molecule has 124 valence electrons. The number of carbonyl (C=O) groups excluding carboxylic acids is 1. The van der Waals surface area contributed by atoms with E-state index in [9.17, 15) is 4.79 Å². The molecule has 1 N–H and O–H groups in total. The summed E-state index contributed by atoms with van der Waals surface area (Å²) in [5, 5.41) is 8.59. The van der Waals surface area contributed by atoms with Crippen molar-refractivity contribution in [3.63, 3.8) is 0 Å². The van der Waals surface area contributed by atoms with Gasteiger partial charge in [-0.05, 0) is 18.4 Å². The maximum Gasteiger partial charge on any atom is 0.230 e. The van der Waals surface area contributed by atoms with Gasteiger partial charge in [-0.15, -0.1) is 0 Å². The predicted molar refractivity (Wildman–Crippen MR) is 94.4 cm³/mol. The lowest BCUT2D eigenvalue weighted by Crippen LogP contribution is -2.14. The maximum atomic E-state index is 12.2. The number of nitrogens with zero attached hydrogens (tertiary/aromatic N) is 4. The molecule has 2 heterocycles. The van der Waals surface area contributed by atoms with Crippen molar-refractivity contribution in [2.75, 3.05) is 5.32 Å². The Morgan fingerprint density at radius 3 is 2.83 bits per heavy atom. The minimum Gasteiger partial charge on any atom is -0.302 e. The molecule has 24 heavy (non-hydrogen) atoms. The van der Waals surface area contributed by atoms with Gasteiger partial charge in [-0.1, -0.05) is 55.0 Å². The standard InChI is InChI=1S/C17H19N5OS/c1-2-3-9-14-16(22-12-18-11-19-22)24-17(20-14)21-15(23)10-13-7-5-4-6-8-13/h4-8,11-12H,2-3,9-10H2,1H3,(H,20,21,23). The van der Waals surface area contributed by atoms with Crippen LogP contribution in [-0.4, -0.2) is 25.7 Å². The summed E-state index contributed by atoms with van der Waals surface area (Å²) in [6.07, 6.45) is 6.47. The second-order valence-electron chi connectivity index (χ2n) is 5.43. The number of rotatable bonds is 7. The zero-order valence-corrected chi connectivity index (χ0v) is 14.3. The normalized spacial score (nSPS) is 10.7. The molecule has 0 atom stereocenters. The number of anilines is 1. The van der Waals surface area contributed by atoms with Crippen LogP contribution in [0.4, 0.5) is 5.13 Å². The van der Waals surface area contributed by atoms with Gasteiger partial charge in [0.2, 0.25) is 5.91 Å². The molecule has 0 aliphatic rings. The van der Waals surface area contributed by atoms with Crippen LogP contribution in [0.1, 0.15) is 31.0 Å². The Morgan fingerprint density at radius 2 is 2.12 bits per heavy atom. The molecule has 3 rings (SSSR count). The largest absolute Gasteiger partial charge is 0.302 e. The summed E-state index contributed by atoms with van der Waals surface area (Å²) in [4.78, 5) is 20.8. The number of hydrogen-bond donors (Lipinski definition) is 1. The molecule has 0 fully saturated rings. The minimum atomic E-state index is -0.0675. The van der Waals surface area contributed by atoms with Gasteiger partial charge in [0.15, 0.2) is 5.13 Å². The number of carbonyl (C=O) groups is 1. The monoisotopic (exact) mass is 341 g/mol. The van der Waals surface area contributed by atoms with Gasteiger partial charge in [-0.3, -0.25) is 4.79 Å². The second-order valence-corrected chi connectivity index (χ2v) is 6.40. The average Bonchev–Trinajstić information content (AvgIpc) is 3.23. The summed E-state index contributed by atoms with van der Waals surface area (Å²) in [6, 6.07) is 9.67. The number of aryl methyl sites for hydroxylation is 1. The van der Waals surface area contributed by atoms with Gasteiger partial charge in [0, 0.05) is 0 Å². The van der Waals surface area contributed by atoms with Gasteiger partial charge in [-0.25, -0.2) is 14.6 Å². The van der Waals surface area contributed by atoms with Crippen LogP contribution in [0.25, 0.3) is 5.00 Å². The molecule has 1 aromatic carbocycles. The Morgan fingerprint density at radius 1 is 1.29 bits per heavy atom. The van der Waals surface area contributed by atoms with E-state index in [1.807, 2.05) is 30.3 Å². The highest BCUT2D eigenvalue weighted by atomic mass is 32.1. The topological polar surface area (TPSA) is 72.7 Å². The Kier molecular flexibility index (Phi) is 5.32. The molecular weight excluding hydrogens is 322 g/mol. The van der Waals surface area contributed by atoms with Crippen LogP contribution in [0.2, 0.25) is 0 Å². The summed E-state index contributed by atoms with van der Waals surface area (Å²) in [5.41, 5.74) is 1.93. The molecule has 6 nitrogen and oxygen atoms in total. The lowest BCUT2D eigenvalue weighted by Gasteiger charge is -2.01. The first kappa shape index (κ1) is 16.3. The van der Waals surface area contributed by atoms with Crippen molar-refractivity contribution in [2.24, 2.45) is 0 Å². The van der Waals surface area contributed by atoms with Crippen LogP contribution in [-0.2, 0) is 17.6 Å². The lowest BCUT2D eigenvalue weighted by atomic mass is 10.1. The molecule has 1 amide bonds. The zero-order chi connectivity index (χ0) is 16.8. The van der Waals surface area contributed by atoms with Crippen molar-refractivity contribution in [3.05, 3.63) is 54.2 Å². The number of benzene rings is 1. The number of thiazole rings is 1. The van der Waals surface area contributed by atoms with E-state index < -0.39 is 0 Å². The van der Waals surface area contributed by atoms with Crippen LogP contribution in [0, 0.1) is 0 Å². The molecular formula is C17H19N5OS. The van der Waals surface area contributed by atoms with E-state index in [2.05, 4.69) is 27.3 Å². The van der Waals surface area contributed by atoms with Crippen LogP contribution >= 0.6 is 11.3 Å². The van der Waals surface area contributed by atoms with Crippen molar-refractivity contribution in [3.8, 4) is 5.00 Å². The third kappa shape index (κ3) is 4.05. The number of hydrogen-bond acceptors (Lipinski definition) is 5. The van der Waals surface area contributed by atoms with Gasteiger partial charge < -0.3 is 5.32 Å². The van der Waals surface area contributed by atoms with Crippen molar-refractivity contribution < 1.29 is 4.79 Å². The SMILES string of the molecule is CCCCc1nc(NC(=O)Cc2ccccc2)sc1-n1cncn1. The summed E-state index contributed by atoms with van der Waals surface area (Å²) < 4.78 is 1.70. The number of amides is 1. The number of aromatic nitrogens is 4. The van der Waals surface area contributed by atoms with Crippen molar-refractivity contribution in [1.29, 1.82) is 0 Å². The van der Waals surface area contributed by atoms with Crippen LogP contribution in [0.15, 0.2) is 43.0 Å².